The van der Waals surface area contributed by atoms with E-state index >= 15 is 0 Å². The number of hydrogen-bond donors (Lipinski definition) is 2. The topological polar surface area (TPSA) is 66.4 Å². The van der Waals surface area contributed by atoms with Crippen molar-refractivity contribution in [1.82, 2.24) is 4.72 Å². The summed E-state index contributed by atoms with van der Waals surface area (Å²) in [4.78, 5) is 0. The van der Waals surface area contributed by atoms with Crippen molar-refractivity contribution in [2.75, 3.05) is 12.9 Å². The van der Waals surface area contributed by atoms with Crippen LogP contribution in [0.2, 0.25) is 5.02 Å². The maximum absolute atomic E-state index is 11.9. The summed E-state index contributed by atoms with van der Waals surface area (Å²) in [7, 11) is -3.54. The van der Waals surface area contributed by atoms with Crippen molar-refractivity contribution in [3.8, 4) is 0 Å². The highest BCUT2D eigenvalue weighted by molar-refractivity contribution is 7.99. The Kier molecular flexibility index (Phi) is 7.05. The van der Waals surface area contributed by atoms with Gasteiger partial charge in [-0.05, 0) is 37.0 Å². The zero-order valence-electron chi connectivity index (χ0n) is 11.3. The average Bonchev–Trinajstić information content (AvgIpc) is 2.39. The van der Waals surface area contributed by atoms with Crippen molar-refractivity contribution in [2.45, 2.75) is 18.2 Å². The van der Waals surface area contributed by atoms with E-state index in [0.717, 1.165) is 11.0 Å². The van der Waals surface area contributed by atoms with E-state index in [0.29, 0.717) is 5.02 Å². The molecule has 7 heteroatoms. The van der Waals surface area contributed by atoms with E-state index in [-0.39, 0.29) is 17.9 Å². The molecule has 0 saturated heterocycles. The van der Waals surface area contributed by atoms with Crippen molar-refractivity contribution >= 4 is 39.5 Å². The first-order valence-electron chi connectivity index (χ1n) is 5.97. The molecule has 0 aliphatic heterocycles. The quantitative estimate of drug-likeness (QED) is 0.802. The Morgan fingerprint density at radius 1 is 1.40 bits per heavy atom. The van der Waals surface area contributed by atoms with Crippen molar-refractivity contribution in [3.05, 3.63) is 40.3 Å². The second kappa shape index (κ2) is 8.05. The number of aliphatic hydroxyl groups is 1. The summed E-state index contributed by atoms with van der Waals surface area (Å²) in [5, 5.41) is 10.7. The van der Waals surface area contributed by atoms with Gasteiger partial charge in [-0.3, -0.25) is 0 Å². The van der Waals surface area contributed by atoms with Crippen LogP contribution in [0.3, 0.4) is 0 Å². The summed E-state index contributed by atoms with van der Waals surface area (Å²) in [6, 6.07) is 6.50. The maximum atomic E-state index is 11.9. The van der Waals surface area contributed by atoms with E-state index in [2.05, 4.69) is 4.72 Å². The molecule has 0 aliphatic rings. The van der Waals surface area contributed by atoms with Crippen LogP contribution in [-0.4, -0.2) is 37.7 Å². The third-order valence-corrected chi connectivity index (χ3v) is 5.31. The molecule has 20 heavy (non-hydrogen) atoms. The molecule has 1 aromatic carbocycles. The fourth-order valence-corrected chi connectivity index (χ4v) is 3.49. The predicted molar refractivity (Wildman–Crippen MR) is 86.4 cm³/mol. The van der Waals surface area contributed by atoms with E-state index in [9.17, 15) is 8.42 Å². The van der Waals surface area contributed by atoms with Gasteiger partial charge in [0.15, 0.2) is 0 Å². The van der Waals surface area contributed by atoms with E-state index in [1.54, 1.807) is 31.2 Å². The van der Waals surface area contributed by atoms with E-state index in [4.69, 9.17) is 16.7 Å². The minimum atomic E-state index is -3.54. The van der Waals surface area contributed by atoms with Crippen LogP contribution < -0.4 is 4.72 Å². The monoisotopic (exact) mass is 335 g/mol. The molecule has 0 spiro atoms. The van der Waals surface area contributed by atoms with Gasteiger partial charge in [0.2, 0.25) is 10.0 Å². The highest BCUT2D eigenvalue weighted by atomic mass is 35.5. The lowest BCUT2D eigenvalue weighted by molar-refractivity contribution is 0.282. The van der Waals surface area contributed by atoms with Crippen LogP contribution in [-0.2, 0) is 10.0 Å². The van der Waals surface area contributed by atoms with Crippen molar-refractivity contribution < 1.29 is 13.5 Å². The highest BCUT2D eigenvalue weighted by Crippen LogP contribution is 2.13. The Morgan fingerprint density at radius 3 is 2.50 bits per heavy atom. The number of thioether (sulfide) groups is 1. The Balaban J connectivity index is 2.72. The Labute approximate surface area is 129 Å². The SMILES string of the molecule is CSC(CO)C(C)NS(=O)(=O)/C=C/c1ccc(Cl)cc1. The van der Waals surface area contributed by atoms with Crippen LogP contribution in [0.1, 0.15) is 12.5 Å². The molecule has 0 bridgehead atoms. The first-order chi connectivity index (χ1) is 9.38. The molecule has 0 heterocycles. The van der Waals surface area contributed by atoms with E-state index in [1.807, 2.05) is 6.26 Å². The van der Waals surface area contributed by atoms with Crippen LogP contribution in [0, 0.1) is 0 Å². The second-order valence-electron chi connectivity index (χ2n) is 4.26. The molecule has 2 unspecified atom stereocenters. The first kappa shape index (κ1) is 17.5. The zero-order valence-corrected chi connectivity index (χ0v) is 13.7. The number of rotatable bonds is 7. The van der Waals surface area contributed by atoms with Crippen LogP contribution >= 0.6 is 23.4 Å². The van der Waals surface area contributed by atoms with Crippen LogP contribution in [0.25, 0.3) is 6.08 Å². The first-order valence-corrected chi connectivity index (χ1v) is 9.19. The summed E-state index contributed by atoms with van der Waals surface area (Å²) in [6.45, 7) is 1.65. The van der Waals surface area contributed by atoms with Crippen LogP contribution in [0.5, 0.6) is 0 Å². The number of sulfonamides is 1. The van der Waals surface area contributed by atoms with Crippen molar-refractivity contribution in [2.24, 2.45) is 0 Å². The zero-order chi connectivity index (χ0) is 15.2. The molecule has 0 radical (unpaired) electrons. The minimum absolute atomic E-state index is 0.0776. The highest BCUT2D eigenvalue weighted by Gasteiger charge is 2.19. The van der Waals surface area contributed by atoms with Crippen molar-refractivity contribution in [3.63, 3.8) is 0 Å². The molecule has 2 N–H and O–H groups in total. The van der Waals surface area contributed by atoms with Gasteiger partial charge in [0.1, 0.15) is 0 Å². The molecule has 0 fully saturated rings. The average molecular weight is 336 g/mol. The molecule has 1 aromatic rings. The van der Waals surface area contributed by atoms with Gasteiger partial charge in [0.25, 0.3) is 0 Å². The normalized spacial score (nSPS) is 15.4. The van der Waals surface area contributed by atoms with Gasteiger partial charge < -0.3 is 5.11 Å². The molecule has 4 nitrogen and oxygen atoms in total. The van der Waals surface area contributed by atoms with Gasteiger partial charge in [-0.1, -0.05) is 23.7 Å². The fourth-order valence-electron chi connectivity index (χ4n) is 1.55. The lowest BCUT2D eigenvalue weighted by atomic mass is 10.2. The maximum Gasteiger partial charge on any atom is 0.234 e. The third kappa shape index (κ3) is 5.85. The largest absolute Gasteiger partial charge is 0.395 e. The summed E-state index contributed by atoms with van der Waals surface area (Å²) in [5.74, 6) is 0. The molecule has 0 saturated carbocycles. The molecule has 0 aromatic heterocycles. The molecule has 0 amide bonds. The smallest absolute Gasteiger partial charge is 0.234 e. The van der Waals surface area contributed by atoms with Gasteiger partial charge in [-0.25, -0.2) is 13.1 Å². The Hall–Kier alpha value is -0.530. The van der Waals surface area contributed by atoms with Gasteiger partial charge in [-0.15, -0.1) is 0 Å². The molecule has 1 rings (SSSR count). The summed E-state index contributed by atoms with van der Waals surface area (Å²) >= 11 is 7.18. The standard InChI is InChI=1S/C13H18ClNO3S2/c1-10(13(9-16)19-2)15-20(17,18)8-7-11-3-5-12(14)6-4-11/h3-8,10,13,15-16H,9H2,1-2H3/b8-7+. The van der Waals surface area contributed by atoms with Crippen LogP contribution in [0.4, 0.5) is 0 Å². The van der Waals surface area contributed by atoms with Gasteiger partial charge in [-0.2, -0.15) is 11.8 Å². The molecular weight excluding hydrogens is 318 g/mol. The molecule has 112 valence electrons. The van der Waals surface area contributed by atoms with Crippen molar-refractivity contribution in [1.29, 1.82) is 0 Å². The Morgan fingerprint density at radius 2 is 2.00 bits per heavy atom. The summed E-state index contributed by atoms with van der Waals surface area (Å²) < 4.78 is 26.3. The molecular formula is C13H18ClNO3S2. The van der Waals surface area contributed by atoms with Gasteiger partial charge in [0.05, 0.1) is 6.61 Å². The van der Waals surface area contributed by atoms with Gasteiger partial charge >= 0.3 is 0 Å². The van der Waals surface area contributed by atoms with Gasteiger partial charge in [0, 0.05) is 21.7 Å². The Bertz CT molecular complexity index is 539. The minimum Gasteiger partial charge on any atom is -0.395 e. The number of aliphatic hydroxyl groups excluding tert-OH is 1. The summed E-state index contributed by atoms with van der Waals surface area (Å²) in [5.41, 5.74) is 0.746. The third-order valence-electron chi connectivity index (χ3n) is 2.70. The second-order valence-corrected chi connectivity index (χ2v) is 7.37. The number of nitrogens with one attached hydrogen (secondary N) is 1. The van der Waals surface area contributed by atoms with E-state index < -0.39 is 10.0 Å². The lowest BCUT2D eigenvalue weighted by Crippen LogP contribution is -2.40. The number of halogens is 1. The lowest BCUT2D eigenvalue weighted by Gasteiger charge is -2.20. The fraction of sp³-hybridized carbons (Fsp3) is 0.385. The molecule has 2 atom stereocenters. The number of benzene rings is 1. The number of hydrogen-bond acceptors (Lipinski definition) is 4. The summed E-state index contributed by atoms with van der Waals surface area (Å²) in [6.07, 6.45) is 3.33. The van der Waals surface area contributed by atoms with E-state index in [1.165, 1.54) is 17.8 Å². The molecule has 0 aliphatic carbocycles. The predicted octanol–water partition coefficient (Wildman–Crippen LogP) is 2.34. The van der Waals surface area contributed by atoms with Crippen LogP contribution in [0.15, 0.2) is 29.7 Å².